The molecule has 2 atom stereocenters. The van der Waals surface area contributed by atoms with Crippen molar-refractivity contribution < 1.29 is 22.0 Å². The fourth-order valence-corrected chi connectivity index (χ4v) is 3.31. The number of hydrogen-bond acceptors (Lipinski definition) is 2. The molecule has 1 saturated carbocycles. The Morgan fingerprint density at radius 3 is 1.83 bits per heavy atom. The normalized spacial score (nSPS) is 17.8. The Morgan fingerprint density at radius 1 is 0.793 bits per heavy atom. The first-order valence-corrected chi connectivity index (χ1v) is 9.12. The second-order valence-electron chi connectivity index (χ2n) is 6.56. The molecule has 3 aromatic carbocycles. The minimum absolute atomic E-state index is 0.336. The van der Waals surface area contributed by atoms with Gasteiger partial charge in [-0.05, 0) is 48.0 Å². The second-order valence-corrected chi connectivity index (χ2v) is 6.56. The monoisotopic (exact) mass is 401 g/mol. The van der Waals surface area contributed by atoms with Gasteiger partial charge in [0, 0.05) is 17.8 Å². The largest absolute Gasteiger partial charge is 0.673 e. The lowest BCUT2D eigenvalue weighted by Crippen LogP contribution is -2.05. The third kappa shape index (κ3) is 5.94. The third-order valence-corrected chi connectivity index (χ3v) is 4.57. The molecular formula is C22H20BF4NO. The summed E-state index contributed by atoms with van der Waals surface area (Å²) < 4.78 is 44.2. The topological polar surface area (TPSA) is 21.3 Å². The number of ether oxygens (including phenoxy) is 1. The predicted octanol–water partition coefficient (Wildman–Crippen LogP) is 6.20. The third-order valence-electron chi connectivity index (χ3n) is 4.57. The van der Waals surface area contributed by atoms with Crippen LogP contribution in [-0.2, 0) is 0 Å². The van der Waals surface area contributed by atoms with Gasteiger partial charge in [0.05, 0.1) is 18.9 Å². The number of nitrogens with one attached hydrogen (secondary N) is 1. The second kappa shape index (κ2) is 8.94. The summed E-state index contributed by atoms with van der Waals surface area (Å²) in [7, 11) is -4.31. The molecule has 0 bridgehead atoms. The molecule has 0 heterocycles. The van der Waals surface area contributed by atoms with Gasteiger partial charge in [-0.15, -0.1) is 0 Å². The average Bonchev–Trinajstić information content (AvgIpc) is 3.42. The van der Waals surface area contributed by atoms with Gasteiger partial charge in [0.15, 0.2) is 0 Å². The zero-order valence-corrected chi connectivity index (χ0v) is 15.7. The zero-order chi connectivity index (χ0) is 20.9. The highest BCUT2D eigenvalue weighted by atomic mass is 19.5. The Hall–Kier alpha value is -3.09. The number of hydrogen-bond donors (Lipinski definition) is 1. The minimum atomic E-state index is -6.00. The fraction of sp³-hybridized carbons (Fsp3) is 0.136. The molecule has 1 aliphatic carbocycles. The molecule has 0 spiro atoms. The average molecular weight is 401 g/mol. The minimum Gasteiger partial charge on any atom is -0.497 e. The maximum absolute atomic E-state index is 9.75. The lowest BCUT2D eigenvalue weighted by atomic mass is 10.0. The van der Waals surface area contributed by atoms with Crippen molar-refractivity contribution in [2.45, 2.75) is 12.0 Å². The van der Waals surface area contributed by atoms with Crippen molar-refractivity contribution in [3.63, 3.8) is 0 Å². The van der Waals surface area contributed by atoms with Crippen molar-refractivity contribution in [3.8, 4) is 5.75 Å². The predicted molar refractivity (Wildman–Crippen MR) is 109 cm³/mol. The summed E-state index contributed by atoms with van der Waals surface area (Å²) >= 11 is 0. The van der Waals surface area contributed by atoms with E-state index in [1.807, 2.05) is 12.1 Å². The molecule has 1 aliphatic rings. The molecule has 1 fully saturated rings. The molecule has 29 heavy (non-hydrogen) atoms. The van der Waals surface area contributed by atoms with Gasteiger partial charge in [0.1, 0.15) is 17.4 Å². The van der Waals surface area contributed by atoms with Gasteiger partial charge in [-0.3, -0.25) is 0 Å². The summed E-state index contributed by atoms with van der Waals surface area (Å²) in [6.45, 7) is 0. The van der Waals surface area contributed by atoms with E-state index >= 15 is 0 Å². The Kier molecular flexibility index (Phi) is 6.37. The van der Waals surface area contributed by atoms with Gasteiger partial charge >= 0.3 is 7.25 Å². The van der Waals surface area contributed by atoms with Gasteiger partial charge in [-0.1, -0.05) is 30.3 Å². The van der Waals surface area contributed by atoms with E-state index in [-0.39, 0.29) is 0 Å². The van der Waals surface area contributed by atoms with E-state index in [0.717, 1.165) is 11.4 Å². The van der Waals surface area contributed by atoms with Gasteiger partial charge in [-0.2, -0.15) is 0 Å². The Morgan fingerprint density at radius 2 is 1.31 bits per heavy atom. The highest BCUT2D eigenvalue weighted by Gasteiger charge is 2.58. The number of halogens is 4. The molecular weight excluding hydrogens is 381 g/mol. The van der Waals surface area contributed by atoms with E-state index in [0.29, 0.717) is 12.0 Å². The highest BCUT2D eigenvalue weighted by molar-refractivity contribution is 6.50. The summed E-state index contributed by atoms with van der Waals surface area (Å²) in [6, 6.07) is 29.8. The highest BCUT2D eigenvalue weighted by Crippen LogP contribution is 2.55. The molecule has 1 N–H and O–H groups in total. The Labute approximate surface area is 167 Å². The van der Waals surface area contributed by atoms with E-state index in [4.69, 9.17) is 4.74 Å². The van der Waals surface area contributed by atoms with Gasteiger partial charge in [0.2, 0.25) is 0 Å². The molecule has 150 valence electrons. The van der Waals surface area contributed by atoms with Crippen molar-refractivity contribution in [1.29, 1.82) is 0 Å². The fourth-order valence-electron chi connectivity index (χ4n) is 3.31. The molecule has 3 aromatic rings. The first kappa shape index (κ1) is 20.6. The van der Waals surface area contributed by atoms with Crippen molar-refractivity contribution in [2.24, 2.45) is 0 Å². The van der Waals surface area contributed by atoms with E-state index in [1.54, 1.807) is 7.11 Å². The summed E-state index contributed by atoms with van der Waals surface area (Å²) in [5.41, 5.74) is 3.80. The summed E-state index contributed by atoms with van der Waals surface area (Å²) in [6.07, 6.45) is 0. The lowest BCUT2D eigenvalue weighted by molar-refractivity contribution is 0.368. The van der Waals surface area contributed by atoms with E-state index in [9.17, 15) is 17.3 Å². The molecule has 2 unspecified atom stereocenters. The van der Waals surface area contributed by atoms with Crippen LogP contribution >= 0.6 is 0 Å². The molecule has 2 nitrogen and oxygen atoms in total. The van der Waals surface area contributed by atoms with Crippen LogP contribution in [0.2, 0.25) is 0 Å². The van der Waals surface area contributed by atoms with Gasteiger partial charge in [-0.25, -0.2) is 0 Å². The Balaban J connectivity index is 0.000000431. The lowest BCUT2D eigenvalue weighted by Gasteiger charge is -2.05. The van der Waals surface area contributed by atoms with Crippen LogP contribution in [0.3, 0.4) is 0 Å². The standard InChI is InChI=1S/C22H20NO.BF4/c1-24-19-14-12-18(13-15-19)23-22-20(16-8-4-2-5-9-16)21(22)17-10-6-3-7-11-17;2-1(3,4)5/h2-15,20,22-23H,1H3;/q+1;-1. The first-order chi connectivity index (χ1) is 13.9. The number of methoxy groups -OCH3 is 1. The van der Waals surface area contributed by atoms with Crippen molar-refractivity contribution in [1.82, 2.24) is 0 Å². The number of rotatable bonds is 5. The van der Waals surface area contributed by atoms with Gasteiger partial charge < -0.3 is 27.3 Å². The van der Waals surface area contributed by atoms with Crippen LogP contribution < -0.4 is 10.1 Å². The van der Waals surface area contributed by atoms with Gasteiger partial charge in [0.25, 0.3) is 0 Å². The Bertz CT molecular complexity index is 837. The van der Waals surface area contributed by atoms with Crippen LogP contribution in [0.25, 0.3) is 0 Å². The van der Waals surface area contributed by atoms with Crippen LogP contribution in [0.5, 0.6) is 5.75 Å². The smallest absolute Gasteiger partial charge is 0.497 e. The molecule has 0 aromatic heterocycles. The van der Waals surface area contributed by atoms with Crippen molar-refractivity contribution in [3.05, 3.63) is 102 Å². The summed E-state index contributed by atoms with van der Waals surface area (Å²) in [5, 5.41) is 3.67. The van der Waals surface area contributed by atoms with E-state index in [2.05, 4.69) is 78.1 Å². The maximum Gasteiger partial charge on any atom is 0.673 e. The quantitative estimate of drug-likeness (QED) is 0.313. The molecule has 0 aliphatic heterocycles. The number of anilines is 1. The molecule has 7 heteroatoms. The molecule has 4 rings (SSSR count). The molecule has 0 saturated heterocycles. The SMILES string of the molecule is COc1ccc(NC2[C+](c3ccccc3)C2c2ccccc2)cc1.F[B-](F)(F)F. The molecule has 0 radical (unpaired) electrons. The number of benzene rings is 3. The maximum atomic E-state index is 9.75. The van der Waals surface area contributed by atoms with E-state index in [1.165, 1.54) is 17.0 Å². The van der Waals surface area contributed by atoms with Crippen LogP contribution in [0.1, 0.15) is 17.0 Å². The van der Waals surface area contributed by atoms with Crippen LogP contribution in [-0.4, -0.2) is 20.4 Å². The van der Waals surface area contributed by atoms with E-state index < -0.39 is 7.25 Å². The summed E-state index contributed by atoms with van der Waals surface area (Å²) in [5.74, 6) is 2.76. The van der Waals surface area contributed by atoms with Crippen molar-refractivity contribution in [2.75, 3.05) is 12.4 Å². The molecule has 0 amide bonds. The van der Waals surface area contributed by atoms with Crippen LogP contribution in [0, 0.1) is 5.92 Å². The zero-order valence-electron chi connectivity index (χ0n) is 15.7. The summed E-state index contributed by atoms with van der Waals surface area (Å²) in [4.78, 5) is 0. The van der Waals surface area contributed by atoms with Crippen LogP contribution in [0.15, 0.2) is 84.9 Å². The first-order valence-electron chi connectivity index (χ1n) is 9.12. The van der Waals surface area contributed by atoms with Crippen molar-refractivity contribution >= 4 is 12.9 Å². The van der Waals surface area contributed by atoms with Crippen LogP contribution in [0.4, 0.5) is 23.0 Å².